The van der Waals surface area contributed by atoms with Gasteiger partial charge in [0.25, 0.3) is 11.7 Å². The zero-order chi connectivity index (χ0) is 22.0. The molecule has 1 amide bonds. The quantitative estimate of drug-likeness (QED) is 0.393. The smallest absolute Gasteiger partial charge is 0.295 e. The second-order valence-electron chi connectivity index (χ2n) is 7.53. The molecule has 1 unspecified atom stereocenters. The van der Waals surface area contributed by atoms with Crippen molar-refractivity contribution in [2.75, 3.05) is 34.3 Å². The number of amides is 1. The van der Waals surface area contributed by atoms with Crippen LogP contribution in [0.3, 0.4) is 0 Å². The third-order valence-electron chi connectivity index (χ3n) is 5.20. The third-order valence-corrected chi connectivity index (χ3v) is 5.73. The number of hydrogen-bond acceptors (Lipinski definition) is 5. The van der Waals surface area contributed by atoms with Crippen LogP contribution in [0.1, 0.15) is 22.7 Å². The Bertz CT molecular complexity index is 999. The molecule has 2 aromatic rings. The van der Waals surface area contributed by atoms with Crippen molar-refractivity contribution in [2.45, 2.75) is 13.0 Å². The van der Waals surface area contributed by atoms with Crippen LogP contribution in [-0.2, 0) is 9.59 Å². The number of aliphatic hydroxyl groups excluding tert-OH is 1. The van der Waals surface area contributed by atoms with Crippen LogP contribution in [0.15, 0.2) is 52.5 Å². The largest absolute Gasteiger partial charge is 0.507 e. The molecule has 0 radical (unpaired) electrons. The number of nitrogens with zero attached hydrogens (tertiary/aromatic N) is 2. The zero-order valence-corrected chi connectivity index (χ0v) is 19.1. The average molecular weight is 473 g/mol. The van der Waals surface area contributed by atoms with Crippen molar-refractivity contribution in [3.8, 4) is 5.75 Å². The molecule has 1 fully saturated rings. The van der Waals surface area contributed by atoms with Crippen LogP contribution in [0, 0.1) is 6.92 Å². The maximum Gasteiger partial charge on any atom is 0.295 e. The summed E-state index contributed by atoms with van der Waals surface area (Å²) in [7, 11) is 5.38. The monoisotopic (exact) mass is 472 g/mol. The van der Waals surface area contributed by atoms with E-state index in [1.807, 2.05) is 50.2 Å². The molecule has 30 heavy (non-hydrogen) atoms. The van der Waals surface area contributed by atoms with Crippen molar-refractivity contribution in [3.05, 3.63) is 69.2 Å². The highest BCUT2D eigenvalue weighted by Crippen LogP contribution is 2.40. The number of ketones is 1. The van der Waals surface area contributed by atoms with Gasteiger partial charge in [-0.05, 0) is 62.5 Å². The molecule has 3 rings (SSSR count). The summed E-state index contributed by atoms with van der Waals surface area (Å²) in [6.07, 6.45) is 0. The summed E-state index contributed by atoms with van der Waals surface area (Å²) in [5.74, 6) is -0.791. The van der Waals surface area contributed by atoms with E-state index in [2.05, 4.69) is 15.9 Å². The summed E-state index contributed by atoms with van der Waals surface area (Å²) in [5.41, 5.74) is 2.13. The van der Waals surface area contributed by atoms with Crippen molar-refractivity contribution in [1.29, 1.82) is 0 Å². The van der Waals surface area contributed by atoms with Crippen molar-refractivity contribution < 1.29 is 19.4 Å². The molecular weight excluding hydrogens is 448 g/mol. The molecule has 2 aromatic carbocycles. The lowest BCUT2D eigenvalue weighted by atomic mass is 9.94. The molecule has 0 spiro atoms. The first kappa shape index (κ1) is 22.1. The van der Waals surface area contributed by atoms with Gasteiger partial charge in [-0.1, -0.05) is 28.1 Å². The lowest BCUT2D eigenvalue weighted by Gasteiger charge is -2.26. The third kappa shape index (κ3) is 4.27. The SMILES string of the molecule is COc1ccc(/C(O)=C2\C(=O)C(=O)N(CCN(C)C)C2c2ccc(Br)cc2)c(C)c1. The molecule has 0 bridgehead atoms. The van der Waals surface area contributed by atoms with Crippen LogP contribution in [0.4, 0.5) is 0 Å². The fourth-order valence-electron chi connectivity index (χ4n) is 3.58. The molecule has 0 aromatic heterocycles. The predicted molar refractivity (Wildman–Crippen MR) is 119 cm³/mol. The number of benzene rings is 2. The van der Waals surface area contributed by atoms with Gasteiger partial charge in [0.15, 0.2) is 0 Å². The van der Waals surface area contributed by atoms with Gasteiger partial charge in [-0.25, -0.2) is 0 Å². The van der Waals surface area contributed by atoms with Crippen LogP contribution in [0.2, 0.25) is 0 Å². The molecule has 1 heterocycles. The Morgan fingerprint density at radius 1 is 1.17 bits per heavy atom. The van der Waals surface area contributed by atoms with Gasteiger partial charge in [0.05, 0.1) is 18.7 Å². The Hall–Kier alpha value is -2.64. The normalized spacial score (nSPS) is 18.3. The molecular formula is C23H25BrN2O4. The van der Waals surface area contributed by atoms with Crippen LogP contribution >= 0.6 is 15.9 Å². The van der Waals surface area contributed by atoms with E-state index in [9.17, 15) is 14.7 Å². The Morgan fingerprint density at radius 2 is 1.83 bits per heavy atom. The standard InChI is InChI=1S/C23H25BrN2O4/c1-14-13-17(30-4)9-10-18(14)21(27)19-20(15-5-7-16(24)8-6-15)26(12-11-25(2)3)23(29)22(19)28/h5-10,13,20,27H,11-12H2,1-4H3/b21-19+. The molecule has 0 aliphatic carbocycles. The number of Topliss-reactive ketones (excluding diaryl/α,β-unsaturated/α-hetero) is 1. The van der Waals surface area contributed by atoms with E-state index < -0.39 is 17.7 Å². The van der Waals surface area contributed by atoms with Crippen LogP contribution in [0.25, 0.3) is 5.76 Å². The molecule has 1 saturated heterocycles. The van der Waals surface area contributed by atoms with Crippen molar-refractivity contribution >= 4 is 33.4 Å². The van der Waals surface area contributed by atoms with Gasteiger partial charge < -0.3 is 19.6 Å². The first-order valence-corrected chi connectivity index (χ1v) is 10.4. The second-order valence-corrected chi connectivity index (χ2v) is 8.44. The van der Waals surface area contributed by atoms with E-state index in [0.717, 1.165) is 15.6 Å². The van der Waals surface area contributed by atoms with Crippen LogP contribution in [0.5, 0.6) is 5.75 Å². The summed E-state index contributed by atoms with van der Waals surface area (Å²) >= 11 is 3.42. The minimum absolute atomic E-state index is 0.106. The molecule has 0 saturated carbocycles. The van der Waals surface area contributed by atoms with Gasteiger partial charge in [-0.15, -0.1) is 0 Å². The number of methoxy groups -OCH3 is 1. The minimum Gasteiger partial charge on any atom is -0.507 e. The Kier molecular flexibility index (Phi) is 6.63. The van der Waals surface area contributed by atoms with Crippen LogP contribution in [-0.4, -0.2) is 60.9 Å². The maximum absolute atomic E-state index is 13.0. The van der Waals surface area contributed by atoms with E-state index >= 15 is 0 Å². The maximum atomic E-state index is 13.0. The summed E-state index contributed by atoms with van der Waals surface area (Å²) < 4.78 is 6.12. The summed E-state index contributed by atoms with van der Waals surface area (Å²) in [5, 5.41) is 11.2. The Labute approximate surface area is 184 Å². The van der Waals surface area contributed by atoms with Crippen molar-refractivity contribution in [1.82, 2.24) is 9.80 Å². The van der Waals surface area contributed by atoms with Gasteiger partial charge in [-0.3, -0.25) is 9.59 Å². The van der Waals surface area contributed by atoms with Gasteiger partial charge >= 0.3 is 0 Å². The lowest BCUT2D eigenvalue weighted by molar-refractivity contribution is -0.140. The second kappa shape index (κ2) is 9.02. The number of carbonyl (C=O) groups excluding carboxylic acids is 2. The Balaban J connectivity index is 2.16. The molecule has 1 atom stereocenters. The Morgan fingerprint density at radius 3 is 2.40 bits per heavy atom. The van der Waals surface area contributed by atoms with Gasteiger partial charge in [0.1, 0.15) is 11.5 Å². The fourth-order valence-corrected chi connectivity index (χ4v) is 3.85. The average Bonchev–Trinajstić information content (AvgIpc) is 2.96. The van der Waals surface area contributed by atoms with Gasteiger partial charge in [-0.2, -0.15) is 0 Å². The van der Waals surface area contributed by atoms with Gasteiger partial charge in [0.2, 0.25) is 0 Å². The molecule has 1 aliphatic heterocycles. The minimum atomic E-state index is -0.672. The summed E-state index contributed by atoms with van der Waals surface area (Å²) in [6, 6.07) is 12.0. The highest BCUT2D eigenvalue weighted by Gasteiger charge is 2.46. The number of hydrogen-bond donors (Lipinski definition) is 1. The van der Waals surface area contributed by atoms with Gasteiger partial charge in [0, 0.05) is 23.1 Å². The number of carbonyl (C=O) groups is 2. The van der Waals surface area contributed by atoms with Crippen molar-refractivity contribution in [2.24, 2.45) is 0 Å². The van der Waals surface area contributed by atoms with E-state index in [4.69, 9.17) is 4.74 Å². The number of likely N-dealkylation sites (N-methyl/N-ethyl adjacent to an activating group) is 1. The van der Waals surface area contributed by atoms with E-state index in [-0.39, 0.29) is 11.3 Å². The molecule has 158 valence electrons. The molecule has 6 nitrogen and oxygen atoms in total. The molecule has 1 aliphatic rings. The highest BCUT2D eigenvalue weighted by molar-refractivity contribution is 9.10. The molecule has 7 heteroatoms. The highest BCUT2D eigenvalue weighted by atomic mass is 79.9. The van der Waals surface area contributed by atoms with E-state index in [0.29, 0.717) is 24.4 Å². The van der Waals surface area contributed by atoms with E-state index in [1.54, 1.807) is 25.3 Å². The van der Waals surface area contributed by atoms with Crippen molar-refractivity contribution in [3.63, 3.8) is 0 Å². The fraction of sp³-hybridized carbons (Fsp3) is 0.304. The first-order valence-electron chi connectivity index (χ1n) is 9.58. The molecule has 1 N–H and O–H groups in total. The number of ether oxygens (including phenoxy) is 1. The number of aliphatic hydroxyl groups is 1. The number of likely N-dealkylation sites (tertiary alicyclic amines) is 1. The number of rotatable bonds is 6. The van der Waals surface area contributed by atoms with Crippen LogP contribution < -0.4 is 4.74 Å². The number of halogens is 1. The lowest BCUT2D eigenvalue weighted by Crippen LogP contribution is -2.35. The summed E-state index contributed by atoms with van der Waals surface area (Å²) in [6.45, 7) is 2.80. The predicted octanol–water partition coefficient (Wildman–Crippen LogP) is 3.75. The van der Waals surface area contributed by atoms with E-state index in [1.165, 1.54) is 4.90 Å². The first-order chi connectivity index (χ1) is 14.2. The number of aryl methyl sites for hydroxylation is 1. The topological polar surface area (TPSA) is 70.1 Å². The zero-order valence-electron chi connectivity index (χ0n) is 17.5. The summed E-state index contributed by atoms with van der Waals surface area (Å²) in [4.78, 5) is 29.4.